The highest BCUT2D eigenvalue weighted by atomic mass is 16.5. The van der Waals surface area contributed by atoms with Gasteiger partial charge in [0.25, 0.3) is 0 Å². The number of ether oxygens (including phenoxy) is 1. The van der Waals surface area contributed by atoms with Crippen LogP contribution in [0, 0.1) is 0 Å². The highest BCUT2D eigenvalue weighted by Gasteiger charge is 2.26. The minimum atomic E-state index is -0.919. The fraction of sp³-hybridized carbons (Fsp3) is 0.692. The second-order valence-electron chi connectivity index (χ2n) is 4.88. The summed E-state index contributed by atoms with van der Waals surface area (Å²) in [4.78, 5) is 15.5. The van der Waals surface area contributed by atoms with Crippen LogP contribution in [0.15, 0.2) is 12.5 Å². The average Bonchev–Trinajstić information content (AvgIpc) is 3.01. The minimum absolute atomic E-state index is 0.00109. The second-order valence-corrected chi connectivity index (χ2v) is 4.88. The van der Waals surface area contributed by atoms with E-state index in [1.807, 2.05) is 10.8 Å². The van der Waals surface area contributed by atoms with E-state index >= 15 is 0 Å². The van der Waals surface area contributed by atoms with Crippen LogP contribution in [0.1, 0.15) is 25.5 Å². The molecule has 2 atom stereocenters. The van der Waals surface area contributed by atoms with Gasteiger partial charge in [-0.2, -0.15) is 0 Å². The zero-order valence-corrected chi connectivity index (χ0v) is 11.2. The number of aliphatic carboxylic acids is 1. The van der Waals surface area contributed by atoms with Crippen LogP contribution in [0.2, 0.25) is 0 Å². The number of imidazole rings is 1. The van der Waals surface area contributed by atoms with E-state index in [0.717, 1.165) is 38.2 Å². The molecule has 2 rings (SSSR count). The van der Waals surface area contributed by atoms with Crippen molar-refractivity contribution in [2.45, 2.75) is 44.9 Å². The molecule has 0 amide bonds. The van der Waals surface area contributed by atoms with E-state index in [-0.39, 0.29) is 6.10 Å². The van der Waals surface area contributed by atoms with Gasteiger partial charge >= 0.3 is 5.97 Å². The first-order valence-electron chi connectivity index (χ1n) is 6.78. The van der Waals surface area contributed by atoms with Gasteiger partial charge in [-0.25, -0.2) is 9.78 Å². The SMILES string of the molecule is CCCn1cnc(C[C@H](O[C@@H]2CCNC2)C(=O)O)c1. The van der Waals surface area contributed by atoms with Gasteiger partial charge in [0.2, 0.25) is 0 Å². The quantitative estimate of drug-likeness (QED) is 0.759. The maximum atomic E-state index is 11.2. The number of hydrogen-bond acceptors (Lipinski definition) is 4. The Morgan fingerprint density at radius 2 is 2.58 bits per heavy atom. The lowest BCUT2D eigenvalue weighted by Crippen LogP contribution is -2.32. The lowest BCUT2D eigenvalue weighted by Gasteiger charge is -2.17. The molecule has 0 saturated carbocycles. The molecular weight excluding hydrogens is 246 g/mol. The number of nitrogens with zero attached hydrogens (tertiary/aromatic N) is 2. The predicted molar refractivity (Wildman–Crippen MR) is 70.0 cm³/mol. The van der Waals surface area contributed by atoms with Crippen molar-refractivity contribution in [2.75, 3.05) is 13.1 Å². The Morgan fingerprint density at radius 1 is 1.74 bits per heavy atom. The first-order valence-corrected chi connectivity index (χ1v) is 6.78. The summed E-state index contributed by atoms with van der Waals surface area (Å²) < 4.78 is 7.61. The highest BCUT2D eigenvalue weighted by molar-refractivity contribution is 5.72. The van der Waals surface area contributed by atoms with E-state index in [1.54, 1.807) is 6.33 Å². The Morgan fingerprint density at radius 3 is 3.21 bits per heavy atom. The van der Waals surface area contributed by atoms with Gasteiger partial charge in [-0.15, -0.1) is 0 Å². The van der Waals surface area contributed by atoms with E-state index in [9.17, 15) is 9.90 Å². The van der Waals surface area contributed by atoms with Crippen molar-refractivity contribution in [2.24, 2.45) is 0 Å². The van der Waals surface area contributed by atoms with Crippen molar-refractivity contribution in [1.29, 1.82) is 0 Å². The molecule has 0 aromatic carbocycles. The first kappa shape index (κ1) is 14.0. The lowest BCUT2D eigenvalue weighted by molar-refractivity contribution is -0.153. The van der Waals surface area contributed by atoms with Gasteiger partial charge in [0.15, 0.2) is 6.10 Å². The number of carbonyl (C=O) groups is 1. The van der Waals surface area contributed by atoms with Crippen molar-refractivity contribution in [1.82, 2.24) is 14.9 Å². The van der Waals surface area contributed by atoms with E-state index in [4.69, 9.17) is 4.74 Å². The number of nitrogens with one attached hydrogen (secondary N) is 1. The summed E-state index contributed by atoms with van der Waals surface area (Å²) in [5.74, 6) is -0.919. The zero-order valence-electron chi connectivity index (χ0n) is 11.2. The molecule has 0 radical (unpaired) electrons. The summed E-state index contributed by atoms with van der Waals surface area (Å²) in [5, 5.41) is 12.4. The number of carboxylic acid groups (broad SMARTS) is 1. The molecule has 0 unspecified atom stereocenters. The molecule has 1 fully saturated rings. The maximum Gasteiger partial charge on any atom is 0.333 e. The van der Waals surface area contributed by atoms with E-state index < -0.39 is 12.1 Å². The smallest absolute Gasteiger partial charge is 0.333 e. The van der Waals surface area contributed by atoms with Crippen LogP contribution >= 0.6 is 0 Å². The molecule has 2 N–H and O–H groups in total. The third kappa shape index (κ3) is 4.04. The summed E-state index contributed by atoms with van der Waals surface area (Å²) in [5.41, 5.74) is 0.770. The normalized spacial score (nSPS) is 20.6. The van der Waals surface area contributed by atoms with Gasteiger partial charge in [-0.1, -0.05) is 6.92 Å². The second kappa shape index (κ2) is 6.68. The topological polar surface area (TPSA) is 76.4 Å². The Labute approximate surface area is 112 Å². The minimum Gasteiger partial charge on any atom is -0.479 e. The molecule has 0 aliphatic carbocycles. The molecule has 19 heavy (non-hydrogen) atoms. The van der Waals surface area contributed by atoms with Gasteiger partial charge < -0.3 is 19.7 Å². The van der Waals surface area contributed by atoms with Gasteiger partial charge in [0, 0.05) is 25.7 Å². The molecule has 6 heteroatoms. The summed E-state index contributed by atoms with van der Waals surface area (Å²) >= 11 is 0. The Balaban J connectivity index is 1.92. The third-order valence-corrected chi connectivity index (χ3v) is 3.21. The van der Waals surface area contributed by atoms with Crippen LogP contribution in [-0.2, 0) is 22.5 Å². The number of aromatic nitrogens is 2. The Hall–Kier alpha value is -1.40. The molecule has 1 aromatic heterocycles. The summed E-state index contributed by atoms with van der Waals surface area (Å²) in [7, 11) is 0. The van der Waals surface area contributed by atoms with Crippen LogP contribution in [-0.4, -0.2) is 45.9 Å². The molecular formula is C13H21N3O3. The van der Waals surface area contributed by atoms with Crippen LogP contribution in [0.5, 0.6) is 0 Å². The maximum absolute atomic E-state index is 11.2. The highest BCUT2D eigenvalue weighted by Crippen LogP contribution is 2.11. The molecule has 6 nitrogen and oxygen atoms in total. The molecule has 1 saturated heterocycles. The van der Waals surface area contributed by atoms with Crippen molar-refractivity contribution in [3.63, 3.8) is 0 Å². The number of rotatable bonds is 7. The monoisotopic (exact) mass is 267 g/mol. The molecule has 1 aromatic rings. The molecule has 0 spiro atoms. The summed E-state index contributed by atoms with van der Waals surface area (Å²) in [6.45, 7) is 4.62. The molecule has 106 valence electrons. The molecule has 2 heterocycles. The van der Waals surface area contributed by atoms with Crippen molar-refractivity contribution in [3.05, 3.63) is 18.2 Å². The fourth-order valence-corrected chi connectivity index (χ4v) is 2.25. The van der Waals surface area contributed by atoms with Crippen molar-refractivity contribution < 1.29 is 14.6 Å². The fourth-order valence-electron chi connectivity index (χ4n) is 2.25. The molecule has 1 aliphatic rings. The first-order chi connectivity index (χ1) is 9.19. The largest absolute Gasteiger partial charge is 0.479 e. The van der Waals surface area contributed by atoms with Crippen LogP contribution in [0.25, 0.3) is 0 Å². The van der Waals surface area contributed by atoms with Gasteiger partial charge in [-0.3, -0.25) is 0 Å². The average molecular weight is 267 g/mol. The van der Waals surface area contributed by atoms with Crippen molar-refractivity contribution in [3.8, 4) is 0 Å². The lowest BCUT2D eigenvalue weighted by atomic mass is 10.2. The van der Waals surface area contributed by atoms with Gasteiger partial charge in [0.1, 0.15) is 0 Å². The predicted octanol–water partition coefficient (Wildman–Crippen LogP) is 0.667. The van der Waals surface area contributed by atoms with E-state index in [0.29, 0.717) is 6.42 Å². The zero-order chi connectivity index (χ0) is 13.7. The van der Waals surface area contributed by atoms with Gasteiger partial charge in [0.05, 0.1) is 18.1 Å². The molecule has 0 bridgehead atoms. The Bertz CT molecular complexity index is 413. The standard InChI is InChI=1S/C13H21N3O3/c1-2-5-16-8-10(15-9-16)6-12(13(17)18)19-11-3-4-14-7-11/h8-9,11-12,14H,2-7H2,1H3,(H,17,18)/t11-,12+/m1/s1. The Kier molecular flexibility index (Phi) is 4.93. The number of hydrogen-bond donors (Lipinski definition) is 2. The van der Waals surface area contributed by atoms with E-state index in [2.05, 4.69) is 17.2 Å². The van der Waals surface area contributed by atoms with Crippen LogP contribution in [0.4, 0.5) is 0 Å². The summed E-state index contributed by atoms with van der Waals surface area (Å²) in [6, 6.07) is 0. The van der Waals surface area contributed by atoms with E-state index in [1.165, 1.54) is 0 Å². The van der Waals surface area contributed by atoms with Gasteiger partial charge in [-0.05, 0) is 19.4 Å². The van der Waals surface area contributed by atoms with Crippen LogP contribution in [0.3, 0.4) is 0 Å². The van der Waals surface area contributed by atoms with Crippen LogP contribution < -0.4 is 5.32 Å². The number of aryl methyl sites for hydroxylation is 1. The number of carboxylic acids is 1. The van der Waals surface area contributed by atoms with Crippen molar-refractivity contribution >= 4 is 5.97 Å². The summed E-state index contributed by atoms with van der Waals surface area (Å²) in [6.07, 6.45) is 5.05. The molecule has 1 aliphatic heterocycles. The third-order valence-electron chi connectivity index (χ3n) is 3.21.